The molecule has 2 bridgehead atoms. The van der Waals surface area contributed by atoms with Crippen LogP contribution in [0.3, 0.4) is 0 Å². The number of hydrogen-bond acceptors (Lipinski definition) is 9. The van der Waals surface area contributed by atoms with E-state index in [1.54, 1.807) is 18.3 Å². The number of carbonyl (C=O) groups is 1. The minimum atomic E-state index is -0.922. The van der Waals surface area contributed by atoms with Crippen LogP contribution in [0.15, 0.2) is 36.5 Å². The lowest BCUT2D eigenvalue weighted by molar-refractivity contribution is -0.00281. The lowest BCUT2D eigenvalue weighted by Crippen LogP contribution is -2.63. The van der Waals surface area contributed by atoms with Crippen molar-refractivity contribution >= 4 is 45.2 Å². The highest BCUT2D eigenvalue weighted by Crippen LogP contribution is 2.45. The predicted octanol–water partition coefficient (Wildman–Crippen LogP) is 7.97. The predicted molar refractivity (Wildman–Crippen MR) is 197 cm³/mol. The second-order valence-electron chi connectivity index (χ2n) is 16.0. The van der Waals surface area contributed by atoms with Crippen molar-refractivity contribution in [3.8, 4) is 23.0 Å². The van der Waals surface area contributed by atoms with Gasteiger partial charge in [-0.2, -0.15) is 9.97 Å². The Labute approximate surface area is 307 Å². The lowest BCUT2D eigenvalue weighted by atomic mass is 9.95. The van der Waals surface area contributed by atoms with Gasteiger partial charge < -0.3 is 19.1 Å². The molecule has 0 spiro atoms. The zero-order chi connectivity index (χ0) is 36.6. The summed E-state index contributed by atoms with van der Waals surface area (Å²) in [5.41, 5.74) is -1.02. The number of piperazine rings is 1. The zero-order valence-corrected chi connectivity index (χ0v) is 31.1. The van der Waals surface area contributed by atoms with E-state index in [2.05, 4.69) is 21.7 Å². The maximum atomic E-state index is 17.2. The summed E-state index contributed by atoms with van der Waals surface area (Å²) in [5, 5.41) is 2.31. The van der Waals surface area contributed by atoms with Gasteiger partial charge in [0.1, 0.15) is 41.2 Å². The number of rotatable bonds is 7. The third-order valence-corrected chi connectivity index (χ3v) is 11.5. The number of alkyl halides is 1. The van der Waals surface area contributed by atoms with Gasteiger partial charge in [0.2, 0.25) is 0 Å². The maximum Gasteiger partial charge on any atom is 0.411 e. The van der Waals surface area contributed by atoms with Gasteiger partial charge in [-0.15, -0.1) is 0 Å². The van der Waals surface area contributed by atoms with Crippen LogP contribution in [-0.4, -0.2) is 99.1 Å². The van der Waals surface area contributed by atoms with E-state index in [4.69, 9.17) is 35.8 Å². The Kier molecular flexibility index (Phi) is 8.64. The molecular formula is C39H45ClF2N6O4. The molecule has 2 aromatic heterocycles. The number of halogens is 3. The van der Waals surface area contributed by atoms with E-state index in [0.29, 0.717) is 65.6 Å². The first-order chi connectivity index (χ1) is 24.8. The second-order valence-corrected chi connectivity index (χ2v) is 16.4. The molecule has 0 aliphatic carbocycles. The van der Waals surface area contributed by atoms with E-state index in [1.165, 1.54) is 0 Å². The fraction of sp³-hybridized carbons (Fsp3) is 0.538. The number of anilines is 1. The van der Waals surface area contributed by atoms with Crippen LogP contribution in [0.2, 0.25) is 5.02 Å². The Bertz CT molecular complexity index is 2060. The lowest BCUT2D eigenvalue weighted by Gasteiger charge is -2.47. The highest BCUT2D eigenvalue weighted by atomic mass is 35.5. The van der Waals surface area contributed by atoms with Crippen molar-refractivity contribution in [3.63, 3.8) is 0 Å². The summed E-state index contributed by atoms with van der Waals surface area (Å²) in [4.78, 5) is 33.9. The molecule has 1 amide bonds. The molecule has 0 N–H and O–H groups in total. The molecule has 52 heavy (non-hydrogen) atoms. The van der Waals surface area contributed by atoms with Crippen LogP contribution in [0.1, 0.15) is 66.7 Å². The Balaban J connectivity index is 1.23. The number of fused-ring (bicyclic) bond motifs is 5. The Morgan fingerprint density at radius 1 is 1.13 bits per heavy atom. The SMILES string of the molecule is CCOc1cc(-c2ncc3c(N4C[C@H]5CC[C@@](C)(C4)N5C(=O)OC(C)(C)C)nc(OC[C@]45CCCN4C[C@@H](F)C5)nc3c2F)c2c(Cl)cccc2c1. The molecule has 10 nitrogen and oxygen atoms in total. The van der Waals surface area contributed by atoms with Crippen molar-refractivity contribution in [2.45, 2.75) is 95.6 Å². The Hall–Kier alpha value is -4.03. The first-order valence-electron chi connectivity index (χ1n) is 18.3. The van der Waals surface area contributed by atoms with E-state index < -0.39 is 28.7 Å². The third kappa shape index (κ3) is 6.05. The quantitative estimate of drug-likeness (QED) is 0.188. The molecule has 6 heterocycles. The molecule has 0 unspecified atom stereocenters. The molecule has 4 aliphatic rings. The third-order valence-electron chi connectivity index (χ3n) is 11.2. The topological polar surface area (TPSA) is 93.2 Å². The van der Waals surface area contributed by atoms with Gasteiger partial charge in [-0.05, 0) is 90.4 Å². The van der Waals surface area contributed by atoms with Gasteiger partial charge >= 0.3 is 12.1 Å². The van der Waals surface area contributed by atoms with Crippen LogP contribution in [-0.2, 0) is 4.74 Å². The molecular weight excluding hydrogens is 690 g/mol. The molecule has 276 valence electrons. The van der Waals surface area contributed by atoms with E-state index in [-0.39, 0.29) is 36.0 Å². The van der Waals surface area contributed by atoms with Crippen molar-refractivity contribution in [2.75, 3.05) is 44.3 Å². The van der Waals surface area contributed by atoms with Crippen LogP contribution in [0.5, 0.6) is 11.8 Å². The average Bonchev–Trinajstić information content (AvgIpc) is 3.67. The van der Waals surface area contributed by atoms with Crippen LogP contribution in [0, 0.1) is 5.82 Å². The van der Waals surface area contributed by atoms with Gasteiger partial charge in [0.25, 0.3) is 0 Å². The fourth-order valence-corrected chi connectivity index (χ4v) is 9.31. The summed E-state index contributed by atoms with van der Waals surface area (Å²) in [6.07, 6.45) is 4.08. The number of carbonyl (C=O) groups excluding carboxylic acids is 1. The number of hydrogen-bond donors (Lipinski definition) is 0. The highest BCUT2D eigenvalue weighted by molar-refractivity contribution is 6.36. The summed E-state index contributed by atoms with van der Waals surface area (Å²) in [6, 6.07) is 9.02. The van der Waals surface area contributed by atoms with Gasteiger partial charge in [-0.1, -0.05) is 23.7 Å². The summed E-state index contributed by atoms with van der Waals surface area (Å²) in [7, 11) is 0. The first-order valence-corrected chi connectivity index (χ1v) is 18.7. The molecule has 0 radical (unpaired) electrons. The normalized spacial score (nSPS) is 26.0. The zero-order valence-electron chi connectivity index (χ0n) is 30.3. The molecule has 13 heteroatoms. The van der Waals surface area contributed by atoms with Crippen molar-refractivity contribution in [2.24, 2.45) is 0 Å². The average molecular weight is 735 g/mol. The van der Waals surface area contributed by atoms with E-state index in [0.717, 1.165) is 37.6 Å². The summed E-state index contributed by atoms with van der Waals surface area (Å²) in [5.74, 6) is 0.393. The van der Waals surface area contributed by atoms with Gasteiger partial charge in [0.15, 0.2) is 5.82 Å². The highest BCUT2D eigenvalue weighted by Gasteiger charge is 2.53. The number of amides is 1. The smallest absolute Gasteiger partial charge is 0.411 e. The monoisotopic (exact) mass is 734 g/mol. The van der Waals surface area contributed by atoms with Crippen molar-refractivity contribution < 1.29 is 27.8 Å². The van der Waals surface area contributed by atoms with Crippen LogP contribution in [0.25, 0.3) is 32.9 Å². The van der Waals surface area contributed by atoms with Gasteiger partial charge in [-0.25, -0.2) is 13.6 Å². The first kappa shape index (κ1) is 35.0. The summed E-state index contributed by atoms with van der Waals surface area (Å²) >= 11 is 6.73. The van der Waals surface area contributed by atoms with E-state index in [1.807, 2.05) is 50.8 Å². The maximum absolute atomic E-state index is 17.2. The number of pyridine rings is 1. The molecule has 4 fully saturated rings. The van der Waals surface area contributed by atoms with E-state index in [9.17, 15) is 9.18 Å². The number of aromatic nitrogens is 3. The van der Waals surface area contributed by atoms with Crippen molar-refractivity contribution in [3.05, 3.63) is 47.4 Å². The number of ether oxygens (including phenoxy) is 3. The molecule has 4 saturated heterocycles. The molecule has 8 rings (SSSR count). The molecule has 4 atom stereocenters. The minimum absolute atomic E-state index is 0.0140. The van der Waals surface area contributed by atoms with E-state index >= 15 is 4.39 Å². The van der Waals surface area contributed by atoms with Crippen LogP contribution >= 0.6 is 11.6 Å². The molecule has 2 aromatic carbocycles. The van der Waals surface area contributed by atoms with Gasteiger partial charge in [0, 0.05) is 48.2 Å². The summed E-state index contributed by atoms with van der Waals surface area (Å²) < 4.78 is 49.9. The second kappa shape index (κ2) is 12.8. The van der Waals surface area contributed by atoms with Crippen molar-refractivity contribution in [1.29, 1.82) is 0 Å². The molecule has 0 saturated carbocycles. The fourth-order valence-electron chi connectivity index (χ4n) is 9.02. The molecule has 4 aliphatic heterocycles. The Morgan fingerprint density at radius 2 is 1.96 bits per heavy atom. The summed E-state index contributed by atoms with van der Waals surface area (Å²) in [6.45, 7) is 12.3. The van der Waals surface area contributed by atoms with Crippen molar-refractivity contribution in [1.82, 2.24) is 24.8 Å². The van der Waals surface area contributed by atoms with Crippen LogP contribution < -0.4 is 14.4 Å². The van der Waals surface area contributed by atoms with Crippen LogP contribution in [0.4, 0.5) is 19.4 Å². The number of benzene rings is 2. The van der Waals surface area contributed by atoms with Gasteiger partial charge in [-0.3, -0.25) is 14.8 Å². The minimum Gasteiger partial charge on any atom is -0.494 e. The van der Waals surface area contributed by atoms with Gasteiger partial charge in [0.05, 0.1) is 29.1 Å². The number of nitrogens with zero attached hydrogens (tertiary/aromatic N) is 6. The Morgan fingerprint density at radius 3 is 2.73 bits per heavy atom. The standard InChI is InChI=1S/C39H45ClF2N6O4/c1-6-50-26-15-23-9-7-10-29(40)30(23)27(16-26)32-31(42)33-28(18-43-32)34(45-35(44-33)51-22-39-12-8-14-47(39)19-24(41)17-39)46-20-25-11-13-38(5,21-46)48(25)36(49)52-37(2,3)4/h7,9-10,15-16,18,24-25H,6,8,11-14,17,19-22H2,1-5H3/t24-,25+,38-,39+/m0/s1. The largest absolute Gasteiger partial charge is 0.494 e. The molecule has 4 aromatic rings.